The standard InChI is InChI=1S/C44H67NO11/c1-10-13-32-21-26(2)20-27(3)22-37(53-8)40-38(54-9)24-30(6)44(51,56-40)41(48)42(49)45-19-12-11-14-33(45)43(50)55-39(28(4)15-17-34(32)46)29(5)23-31-16-18-35(47)36(25-31)52-7/h10,15,17,21,23,27-28,30-33,35-40,47,51H,1,11-14,16,18-20,22,24-25H2,2-9H3/b17-15-,26-21?,29-23+. The van der Waals surface area contributed by atoms with Gasteiger partial charge in [-0.2, -0.15) is 0 Å². The van der Waals surface area contributed by atoms with Crippen molar-refractivity contribution in [3.05, 3.63) is 48.1 Å². The molecule has 0 radical (unpaired) electrons. The van der Waals surface area contributed by atoms with Crippen molar-refractivity contribution in [3.63, 3.8) is 0 Å². The van der Waals surface area contributed by atoms with Gasteiger partial charge in [0, 0.05) is 45.6 Å². The van der Waals surface area contributed by atoms with Crippen molar-refractivity contribution in [2.45, 2.75) is 147 Å². The number of ether oxygens (including phenoxy) is 5. The van der Waals surface area contributed by atoms with Crippen molar-refractivity contribution in [2.75, 3.05) is 27.9 Å². The highest BCUT2D eigenvalue weighted by molar-refractivity contribution is 6.39. The predicted octanol–water partition coefficient (Wildman–Crippen LogP) is 5.44. The zero-order chi connectivity index (χ0) is 41.3. The summed E-state index contributed by atoms with van der Waals surface area (Å²) in [5.41, 5.74) is 1.77. The van der Waals surface area contributed by atoms with Crippen molar-refractivity contribution < 1.29 is 53.1 Å². The van der Waals surface area contributed by atoms with Gasteiger partial charge in [-0.15, -0.1) is 6.58 Å². The first-order valence-electron chi connectivity index (χ1n) is 20.5. The number of ketones is 2. The molecule has 13 unspecified atom stereocenters. The van der Waals surface area contributed by atoms with E-state index in [9.17, 15) is 29.4 Å². The summed E-state index contributed by atoms with van der Waals surface area (Å²) in [7, 11) is 4.66. The molecule has 4 aliphatic rings. The minimum Gasteiger partial charge on any atom is -0.456 e. The molecule has 56 heavy (non-hydrogen) atoms. The Balaban J connectivity index is 1.78. The number of aliphatic hydroxyl groups is 2. The molecule has 2 saturated heterocycles. The van der Waals surface area contributed by atoms with Crippen LogP contribution in [0.4, 0.5) is 0 Å². The molecule has 2 bridgehead atoms. The number of aliphatic hydroxyl groups excluding tert-OH is 1. The molecule has 1 saturated carbocycles. The van der Waals surface area contributed by atoms with E-state index in [1.54, 1.807) is 32.3 Å². The molecule has 0 aromatic heterocycles. The summed E-state index contributed by atoms with van der Waals surface area (Å²) in [6, 6.07) is -1.08. The van der Waals surface area contributed by atoms with Crippen LogP contribution in [0.3, 0.4) is 0 Å². The van der Waals surface area contributed by atoms with E-state index in [0.29, 0.717) is 44.9 Å². The Kier molecular flexibility index (Phi) is 16.8. The SMILES string of the molecule is C=CCC1C=C(C)CC(C)CC(OC)C2OC(O)(C(=O)C(=O)N3CCCCC3C(=O)OC(/C(C)=C/C3CCC(O)C(OC)C3)C(C)/C=C\C1=O)C(C)CC2OC. The van der Waals surface area contributed by atoms with Crippen LogP contribution in [0.1, 0.15) is 98.8 Å². The quantitative estimate of drug-likeness (QED) is 0.192. The maximum Gasteiger partial charge on any atom is 0.329 e. The molecule has 0 spiro atoms. The Morgan fingerprint density at radius 1 is 0.982 bits per heavy atom. The first-order chi connectivity index (χ1) is 26.6. The molecule has 1 amide bonds. The van der Waals surface area contributed by atoms with Gasteiger partial charge in [-0.3, -0.25) is 14.4 Å². The first kappa shape index (κ1) is 45.7. The van der Waals surface area contributed by atoms with E-state index in [4.69, 9.17) is 23.7 Å². The van der Waals surface area contributed by atoms with Gasteiger partial charge in [0.2, 0.25) is 5.79 Å². The van der Waals surface area contributed by atoms with Gasteiger partial charge in [0.1, 0.15) is 18.2 Å². The van der Waals surface area contributed by atoms with Crippen molar-refractivity contribution in [1.29, 1.82) is 0 Å². The number of rotatable bonds is 7. The lowest BCUT2D eigenvalue weighted by atomic mass is 9.82. The first-order valence-corrected chi connectivity index (χ1v) is 20.5. The molecule has 3 aliphatic heterocycles. The van der Waals surface area contributed by atoms with Crippen LogP contribution in [0.5, 0.6) is 0 Å². The number of amides is 1. The fraction of sp³-hybridized carbons (Fsp3) is 0.727. The maximum atomic E-state index is 14.3. The van der Waals surface area contributed by atoms with Crippen LogP contribution in [0.2, 0.25) is 0 Å². The molecule has 2 N–H and O–H groups in total. The summed E-state index contributed by atoms with van der Waals surface area (Å²) in [5, 5.41) is 22.4. The summed E-state index contributed by atoms with van der Waals surface area (Å²) in [6.45, 7) is 13.5. The molecular weight excluding hydrogens is 718 g/mol. The Labute approximate surface area is 333 Å². The van der Waals surface area contributed by atoms with Crippen LogP contribution in [0.15, 0.2) is 48.1 Å². The lowest BCUT2D eigenvalue weighted by molar-refractivity contribution is -0.302. The molecule has 1 aliphatic carbocycles. The molecular formula is C44H67NO11. The largest absolute Gasteiger partial charge is 0.456 e. The number of hydrogen-bond acceptors (Lipinski definition) is 11. The normalized spacial score (nSPS) is 39.5. The number of nitrogens with zero attached hydrogens (tertiary/aromatic N) is 1. The number of carbonyl (C=O) groups excluding carboxylic acids is 4. The Morgan fingerprint density at radius 2 is 1.66 bits per heavy atom. The fourth-order valence-corrected chi connectivity index (χ4v) is 9.12. The van der Waals surface area contributed by atoms with E-state index >= 15 is 0 Å². The Bertz CT molecular complexity index is 1490. The zero-order valence-electron chi connectivity index (χ0n) is 34.8. The highest BCUT2D eigenvalue weighted by Crippen LogP contribution is 2.39. The average molecular weight is 786 g/mol. The van der Waals surface area contributed by atoms with Crippen LogP contribution in [0.25, 0.3) is 0 Å². The second-order valence-corrected chi connectivity index (χ2v) is 16.8. The molecule has 13 atom stereocenters. The summed E-state index contributed by atoms with van der Waals surface area (Å²) >= 11 is 0. The lowest BCUT2D eigenvalue weighted by Gasteiger charge is -2.47. The van der Waals surface area contributed by atoms with Gasteiger partial charge >= 0.3 is 5.97 Å². The van der Waals surface area contributed by atoms with Gasteiger partial charge in [0.15, 0.2) is 5.78 Å². The summed E-state index contributed by atoms with van der Waals surface area (Å²) < 4.78 is 29.8. The van der Waals surface area contributed by atoms with Gasteiger partial charge in [-0.05, 0) is 102 Å². The van der Waals surface area contributed by atoms with Crippen LogP contribution in [-0.4, -0.2) is 115 Å². The summed E-state index contributed by atoms with van der Waals surface area (Å²) in [6.07, 6.45) is 10.5. The molecule has 3 heterocycles. The molecule has 0 aromatic rings. The predicted molar refractivity (Wildman–Crippen MR) is 211 cm³/mol. The van der Waals surface area contributed by atoms with E-state index in [1.165, 1.54) is 19.1 Å². The van der Waals surface area contributed by atoms with Gasteiger partial charge in [0.25, 0.3) is 11.7 Å². The monoisotopic (exact) mass is 785 g/mol. The third-order valence-corrected chi connectivity index (χ3v) is 12.4. The number of piperidine rings is 1. The number of Topliss-reactive ketones (excluding diaryl/α,β-unsaturated/α-hetero) is 1. The second kappa shape index (κ2) is 20.6. The average Bonchev–Trinajstić information content (AvgIpc) is 3.18. The van der Waals surface area contributed by atoms with Crippen LogP contribution < -0.4 is 0 Å². The number of cyclic esters (lactones) is 1. The van der Waals surface area contributed by atoms with E-state index < -0.39 is 77.8 Å². The lowest BCUT2D eigenvalue weighted by Crippen LogP contribution is -2.64. The number of methoxy groups -OCH3 is 3. The number of carbonyl (C=O) groups is 4. The molecule has 12 heteroatoms. The third kappa shape index (κ3) is 10.9. The van der Waals surface area contributed by atoms with Crippen molar-refractivity contribution in [2.24, 2.45) is 29.6 Å². The van der Waals surface area contributed by atoms with Crippen LogP contribution in [0, 0.1) is 29.6 Å². The topological polar surface area (TPSA) is 158 Å². The molecule has 3 fully saturated rings. The Hall–Kier alpha value is -3.00. The zero-order valence-corrected chi connectivity index (χ0v) is 34.8. The van der Waals surface area contributed by atoms with Crippen molar-refractivity contribution in [1.82, 2.24) is 4.90 Å². The van der Waals surface area contributed by atoms with E-state index in [2.05, 4.69) is 19.6 Å². The molecule has 314 valence electrons. The van der Waals surface area contributed by atoms with Crippen LogP contribution in [-0.2, 0) is 42.9 Å². The number of allylic oxidation sites excluding steroid dienone is 5. The van der Waals surface area contributed by atoms with E-state index in [1.807, 2.05) is 26.8 Å². The summed E-state index contributed by atoms with van der Waals surface area (Å²) in [5.74, 6) is -7.00. The number of fused-ring (bicyclic) bond motifs is 3. The maximum absolute atomic E-state index is 14.3. The highest BCUT2D eigenvalue weighted by Gasteiger charge is 2.56. The molecule has 0 aromatic carbocycles. The van der Waals surface area contributed by atoms with Crippen LogP contribution >= 0.6 is 0 Å². The van der Waals surface area contributed by atoms with E-state index in [-0.39, 0.29) is 43.1 Å². The fourth-order valence-electron chi connectivity index (χ4n) is 9.12. The number of hydrogen-bond donors (Lipinski definition) is 2. The van der Waals surface area contributed by atoms with E-state index in [0.717, 1.165) is 17.6 Å². The Morgan fingerprint density at radius 3 is 2.32 bits per heavy atom. The van der Waals surface area contributed by atoms with Gasteiger partial charge < -0.3 is 38.8 Å². The molecule has 4 rings (SSSR count). The number of esters is 1. The second-order valence-electron chi connectivity index (χ2n) is 16.8. The van der Waals surface area contributed by atoms with Crippen molar-refractivity contribution >= 4 is 23.4 Å². The van der Waals surface area contributed by atoms with Gasteiger partial charge in [-0.1, -0.05) is 50.6 Å². The smallest absolute Gasteiger partial charge is 0.329 e. The van der Waals surface area contributed by atoms with Gasteiger partial charge in [0.05, 0.1) is 24.4 Å². The third-order valence-electron chi connectivity index (χ3n) is 12.4. The molecule has 12 nitrogen and oxygen atoms in total. The van der Waals surface area contributed by atoms with Crippen molar-refractivity contribution in [3.8, 4) is 0 Å². The minimum absolute atomic E-state index is 0.0469. The minimum atomic E-state index is -2.48. The summed E-state index contributed by atoms with van der Waals surface area (Å²) in [4.78, 5) is 57.6. The van der Waals surface area contributed by atoms with Gasteiger partial charge in [-0.25, -0.2) is 4.79 Å². The highest BCUT2D eigenvalue weighted by atomic mass is 16.7.